The first-order chi connectivity index (χ1) is 12.9. The number of carboxylic acid groups (broad SMARTS) is 1. The molecule has 0 spiro atoms. The van der Waals surface area contributed by atoms with Crippen molar-refractivity contribution < 1.29 is 32.8 Å². The summed E-state index contributed by atoms with van der Waals surface area (Å²) in [4.78, 5) is 12.5. The summed E-state index contributed by atoms with van der Waals surface area (Å²) >= 11 is 1.02. The van der Waals surface area contributed by atoms with Crippen molar-refractivity contribution in [3.05, 3.63) is 24.5 Å². The van der Waals surface area contributed by atoms with Gasteiger partial charge >= 0.3 is 5.97 Å². The van der Waals surface area contributed by atoms with Crippen molar-refractivity contribution in [1.29, 1.82) is 0 Å². The summed E-state index contributed by atoms with van der Waals surface area (Å²) in [5, 5.41) is 20.0. The van der Waals surface area contributed by atoms with Gasteiger partial charge in [-0.3, -0.25) is 4.79 Å². The number of carboxylic acids is 1. The zero-order valence-electron chi connectivity index (χ0n) is 14.1. The predicted octanol–water partition coefficient (Wildman–Crippen LogP) is 1.18. The Bertz CT molecular complexity index is 882. The van der Waals surface area contributed by atoms with Crippen LogP contribution in [0.25, 0.3) is 10.6 Å². The molecule has 148 valence electrons. The molecule has 0 aromatic carbocycles. The molecule has 12 heteroatoms. The fraction of sp³-hybridized carbons (Fsp3) is 0.467. The minimum atomic E-state index is -3.98. The minimum absolute atomic E-state index is 0.0463. The second-order valence-electron chi connectivity index (χ2n) is 6.36. The molecule has 2 aromatic rings. The first-order valence-corrected chi connectivity index (χ1v) is 10.4. The molecule has 2 aliphatic rings. The molecule has 27 heavy (non-hydrogen) atoms. The number of aliphatic carboxylic acids is 1. The summed E-state index contributed by atoms with van der Waals surface area (Å²) in [5.41, 5.74) is -0.996. The summed E-state index contributed by atoms with van der Waals surface area (Å²) < 4.78 is 38.5. The Kier molecular flexibility index (Phi) is 5.65. The third-order valence-corrected chi connectivity index (χ3v) is 7.76. The summed E-state index contributed by atoms with van der Waals surface area (Å²) in [6, 6.07) is 4.70. The zero-order valence-corrected chi connectivity index (χ0v) is 15.7. The number of nitrogens with two attached hydrogens (primary N) is 1. The molecular formula is C15H19N3O7S2. The zero-order chi connectivity index (χ0) is 19.7. The van der Waals surface area contributed by atoms with Gasteiger partial charge in [-0.25, -0.2) is 14.3 Å². The number of ether oxygens (including phenoxy) is 1. The molecule has 2 saturated heterocycles. The molecule has 2 aliphatic heterocycles. The molecule has 0 saturated carbocycles. The summed E-state index contributed by atoms with van der Waals surface area (Å²) in [7, 11) is -3.98. The van der Waals surface area contributed by atoms with E-state index in [1.165, 1.54) is 12.3 Å². The van der Waals surface area contributed by atoms with Crippen LogP contribution in [-0.2, 0) is 19.6 Å². The first-order valence-electron chi connectivity index (χ1n) is 8.07. The minimum Gasteiger partial charge on any atom is -0.480 e. The van der Waals surface area contributed by atoms with Gasteiger partial charge in [-0.2, -0.15) is 4.72 Å². The number of fused-ring (bicyclic) bond motifs is 2. The number of hydrogen-bond donors (Lipinski definition) is 4. The van der Waals surface area contributed by atoms with Crippen LogP contribution in [0.3, 0.4) is 0 Å². The molecule has 2 aromatic heterocycles. The van der Waals surface area contributed by atoms with Gasteiger partial charge in [0.15, 0.2) is 0 Å². The van der Waals surface area contributed by atoms with Crippen molar-refractivity contribution in [2.45, 2.75) is 47.6 Å². The standard InChI is InChI=1S/C15H16N2O6S2.H3NO/c18-14(19)15(7-9-1-2-10(8-15)23-9)17-25(20,21)13-4-3-12(24-13)11-5-6-22-16-11;1-2/h3-6,9-10,17H,1-2,7-8H2,(H,18,19);2H,1H2/t9-,10+,15-;. The van der Waals surface area contributed by atoms with Gasteiger partial charge < -0.3 is 19.6 Å². The Balaban J connectivity index is 0.00000102. The summed E-state index contributed by atoms with van der Waals surface area (Å²) in [5.74, 6) is 2.34. The maximum absolute atomic E-state index is 12.8. The van der Waals surface area contributed by atoms with E-state index < -0.39 is 21.5 Å². The number of sulfonamides is 1. The van der Waals surface area contributed by atoms with E-state index in [2.05, 4.69) is 15.8 Å². The van der Waals surface area contributed by atoms with Gasteiger partial charge in [0.2, 0.25) is 0 Å². The highest BCUT2D eigenvalue weighted by Gasteiger charge is 2.52. The molecule has 0 unspecified atom stereocenters. The molecule has 2 fully saturated rings. The van der Waals surface area contributed by atoms with Crippen LogP contribution in [-0.4, -0.2) is 47.6 Å². The largest absolute Gasteiger partial charge is 0.480 e. The Labute approximate surface area is 158 Å². The number of nitrogens with zero attached hydrogens (tertiary/aromatic N) is 1. The second kappa shape index (κ2) is 7.66. The molecule has 2 bridgehead atoms. The van der Waals surface area contributed by atoms with E-state index in [0.717, 1.165) is 24.2 Å². The predicted molar refractivity (Wildman–Crippen MR) is 93.6 cm³/mol. The van der Waals surface area contributed by atoms with Gasteiger partial charge in [0, 0.05) is 18.9 Å². The highest BCUT2D eigenvalue weighted by atomic mass is 32.2. The van der Waals surface area contributed by atoms with Crippen LogP contribution in [0.1, 0.15) is 25.7 Å². The number of aromatic nitrogens is 1. The molecule has 4 heterocycles. The van der Waals surface area contributed by atoms with Crippen LogP contribution in [0.4, 0.5) is 0 Å². The fourth-order valence-electron chi connectivity index (χ4n) is 3.49. The van der Waals surface area contributed by atoms with Crippen molar-refractivity contribution in [2.75, 3.05) is 0 Å². The number of thiophene rings is 1. The number of carbonyl (C=O) groups is 1. The van der Waals surface area contributed by atoms with Gasteiger partial charge in [-0.05, 0) is 25.0 Å². The van der Waals surface area contributed by atoms with Crippen LogP contribution in [0.5, 0.6) is 0 Å². The molecule has 3 atom stereocenters. The highest BCUT2D eigenvalue weighted by molar-refractivity contribution is 7.91. The van der Waals surface area contributed by atoms with Crippen LogP contribution in [0.15, 0.2) is 33.2 Å². The van der Waals surface area contributed by atoms with Gasteiger partial charge in [0.25, 0.3) is 10.0 Å². The number of hydrogen-bond acceptors (Lipinski definition) is 9. The van der Waals surface area contributed by atoms with Crippen molar-refractivity contribution in [2.24, 2.45) is 5.90 Å². The van der Waals surface area contributed by atoms with E-state index >= 15 is 0 Å². The van der Waals surface area contributed by atoms with E-state index in [1.807, 2.05) is 0 Å². The summed E-state index contributed by atoms with van der Waals surface area (Å²) in [6.07, 6.45) is 2.77. The first kappa shape index (κ1) is 19.9. The van der Waals surface area contributed by atoms with Crippen LogP contribution >= 0.6 is 11.3 Å². The smallest absolute Gasteiger partial charge is 0.325 e. The van der Waals surface area contributed by atoms with E-state index in [9.17, 15) is 18.3 Å². The van der Waals surface area contributed by atoms with Crippen molar-refractivity contribution in [1.82, 2.24) is 9.88 Å². The summed E-state index contributed by atoms with van der Waals surface area (Å²) in [6.45, 7) is 0. The Morgan fingerprint density at radius 2 is 1.93 bits per heavy atom. The molecule has 4 rings (SSSR count). The normalized spacial score (nSPS) is 27.0. The lowest BCUT2D eigenvalue weighted by Crippen LogP contribution is -2.59. The Hall–Kier alpha value is -1.83. The van der Waals surface area contributed by atoms with Crippen LogP contribution in [0, 0.1) is 0 Å². The quantitative estimate of drug-likeness (QED) is 0.523. The molecule has 10 nitrogen and oxygen atoms in total. The Morgan fingerprint density at radius 1 is 1.26 bits per heavy atom. The topological polar surface area (TPSA) is 165 Å². The monoisotopic (exact) mass is 417 g/mol. The van der Waals surface area contributed by atoms with E-state index in [0.29, 0.717) is 10.6 Å². The van der Waals surface area contributed by atoms with Crippen molar-refractivity contribution >= 4 is 27.3 Å². The van der Waals surface area contributed by atoms with Crippen LogP contribution in [0.2, 0.25) is 0 Å². The van der Waals surface area contributed by atoms with Gasteiger partial charge in [-0.1, -0.05) is 5.16 Å². The van der Waals surface area contributed by atoms with E-state index in [1.54, 1.807) is 12.1 Å². The average molecular weight is 417 g/mol. The molecule has 0 amide bonds. The highest BCUT2D eigenvalue weighted by Crippen LogP contribution is 2.40. The maximum atomic E-state index is 12.8. The van der Waals surface area contributed by atoms with E-state index in [4.69, 9.17) is 14.5 Å². The second-order valence-corrected chi connectivity index (χ2v) is 9.35. The van der Waals surface area contributed by atoms with Crippen molar-refractivity contribution in [3.8, 4) is 10.6 Å². The molecule has 0 radical (unpaired) electrons. The lowest BCUT2D eigenvalue weighted by atomic mass is 9.88. The number of rotatable bonds is 5. The maximum Gasteiger partial charge on any atom is 0.325 e. The Morgan fingerprint density at radius 3 is 2.48 bits per heavy atom. The average Bonchev–Trinajstić information content (AvgIpc) is 3.36. The van der Waals surface area contributed by atoms with Gasteiger partial charge in [0.05, 0.1) is 17.1 Å². The molecular weight excluding hydrogens is 398 g/mol. The lowest BCUT2D eigenvalue weighted by molar-refractivity contribution is -0.151. The third-order valence-electron chi connectivity index (χ3n) is 4.62. The molecule has 5 N–H and O–H groups in total. The van der Waals surface area contributed by atoms with Crippen molar-refractivity contribution in [3.63, 3.8) is 0 Å². The fourth-order valence-corrected chi connectivity index (χ4v) is 6.14. The SMILES string of the molecule is NO.O=C(O)[C@@]1(NS(=O)(=O)c2ccc(-c3ccon3)s2)C[C@H]2CC[C@@H](C1)O2. The van der Waals surface area contributed by atoms with Crippen LogP contribution < -0.4 is 10.6 Å². The van der Waals surface area contributed by atoms with Gasteiger partial charge in [0.1, 0.15) is 21.7 Å². The number of nitrogens with one attached hydrogen (secondary N) is 1. The third kappa shape index (κ3) is 3.90. The van der Waals surface area contributed by atoms with Gasteiger partial charge in [-0.15, -0.1) is 11.3 Å². The molecule has 0 aliphatic carbocycles. The van der Waals surface area contributed by atoms with E-state index in [-0.39, 0.29) is 29.3 Å². The lowest BCUT2D eigenvalue weighted by Gasteiger charge is -2.37.